The van der Waals surface area contributed by atoms with Gasteiger partial charge in [-0.15, -0.1) is 0 Å². The van der Waals surface area contributed by atoms with E-state index in [0.717, 1.165) is 16.8 Å². The van der Waals surface area contributed by atoms with Crippen LogP contribution in [0.25, 0.3) is 0 Å². The van der Waals surface area contributed by atoms with Crippen molar-refractivity contribution in [2.45, 2.75) is 33.7 Å². The van der Waals surface area contributed by atoms with Crippen molar-refractivity contribution in [3.8, 4) is 0 Å². The Morgan fingerprint density at radius 3 is 2.75 bits per heavy atom. The average Bonchev–Trinajstić information content (AvgIpc) is 2.72. The summed E-state index contributed by atoms with van der Waals surface area (Å²) in [5, 5.41) is 8.44. The van der Waals surface area contributed by atoms with Gasteiger partial charge in [-0.2, -0.15) is 0 Å². The lowest BCUT2D eigenvalue weighted by Crippen LogP contribution is -2.39. The van der Waals surface area contributed by atoms with Crippen molar-refractivity contribution >= 4 is 17.6 Å². The van der Waals surface area contributed by atoms with Crippen molar-refractivity contribution in [1.29, 1.82) is 0 Å². The highest BCUT2D eigenvalue weighted by molar-refractivity contribution is 5.99. The molecule has 0 radical (unpaired) electrons. The number of hydrogen-bond donors (Lipinski definition) is 3. The molecule has 1 aromatic carbocycles. The molecule has 0 aromatic heterocycles. The van der Waals surface area contributed by atoms with Crippen LogP contribution < -0.4 is 16.0 Å². The average molecular weight is 275 g/mol. The van der Waals surface area contributed by atoms with Crippen molar-refractivity contribution in [3.63, 3.8) is 0 Å². The molecule has 1 aliphatic heterocycles. The van der Waals surface area contributed by atoms with Crippen LogP contribution in [0.3, 0.4) is 0 Å². The number of benzene rings is 1. The molecule has 3 N–H and O–H groups in total. The van der Waals surface area contributed by atoms with Gasteiger partial charge in [-0.05, 0) is 22.6 Å². The molecular weight excluding hydrogens is 254 g/mol. The molecule has 3 amide bonds. The molecule has 0 saturated carbocycles. The second-order valence-corrected chi connectivity index (χ2v) is 6.31. The van der Waals surface area contributed by atoms with E-state index in [2.05, 4.69) is 36.7 Å². The number of carbonyl (C=O) groups is 2. The summed E-state index contributed by atoms with van der Waals surface area (Å²) in [4.78, 5) is 22.9. The predicted octanol–water partition coefficient (Wildman–Crippen LogP) is 2.03. The van der Waals surface area contributed by atoms with E-state index in [9.17, 15) is 9.59 Å². The van der Waals surface area contributed by atoms with Gasteiger partial charge in [-0.25, -0.2) is 4.79 Å². The monoisotopic (exact) mass is 275 g/mol. The molecule has 0 bridgehead atoms. The topological polar surface area (TPSA) is 70.2 Å². The standard InChI is InChI=1S/C15H21N3O2/c1-15(2,3)9-17-14(20)16-8-10-4-5-12-11(6-10)7-13(19)18-12/h4-6H,7-9H2,1-3H3,(H,18,19)(H2,16,17,20). The van der Waals surface area contributed by atoms with Crippen molar-refractivity contribution < 1.29 is 9.59 Å². The highest BCUT2D eigenvalue weighted by Gasteiger charge is 2.17. The summed E-state index contributed by atoms with van der Waals surface area (Å²) in [6, 6.07) is 5.57. The molecule has 20 heavy (non-hydrogen) atoms. The molecular formula is C15H21N3O2. The first-order valence-corrected chi connectivity index (χ1v) is 6.77. The zero-order valence-corrected chi connectivity index (χ0v) is 12.2. The summed E-state index contributed by atoms with van der Waals surface area (Å²) < 4.78 is 0. The van der Waals surface area contributed by atoms with Crippen molar-refractivity contribution in [1.82, 2.24) is 10.6 Å². The fourth-order valence-corrected chi connectivity index (χ4v) is 1.98. The van der Waals surface area contributed by atoms with Crippen LogP contribution in [0.2, 0.25) is 0 Å². The van der Waals surface area contributed by atoms with Crippen LogP contribution >= 0.6 is 0 Å². The van der Waals surface area contributed by atoms with E-state index in [1.54, 1.807) is 0 Å². The summed E-state index contributed by atoms with van der Waals surface area (Å²) in [6.07, 6.45) is 0.416. The van der Waals surface area contributed by atoms with Gasteiger partial charge in [-0.3, -0.25) is 4.79 Å². The first-order chi connectivity index (χ1) is 9.33. The van der Waals surface area contributed by atoms with Gasteiger partial charge in [0.15, 0.2) is 0 Å². The van der Waals surface area contributed by atoms with Gasteiger partial charge in [0.1, 0.15) is 0 Å². The summed E-state index contributed by atoms with van der Waals surface area (Å²) in [5.74, 6) is 0.0213. The van der Waals surface area contributed by atoms with Crippen LogP contribution in [0.4, 0.5) is 10.5 Å². The first-order valence-electron chi connectivity index (χ1n) is 6.77. The molecule has 0 saturated heterocycles. The summed E-state index contributed by atoms with van der Waals surface area (Å²) >= 11 is 0. The number of carbonyl (C=O) groups excluding carboxylic acids is 2. The Kier molecular flexibility index (Phi) is 3.97. The van der Waals surface area contributed by atoms with E-state index in [4.69, 9.17) is 0 Å². The highest BCUT2D eigenvalue weighted by atomic mass is 16.2. The van der Waals surface area contributed by atoms with Crippen molar-refractivity contribution in [2.75, 3.05) is 11.9 Å². The maximum absolute atomic E-state index is 11.7. The molecule has 0 aliphatic carbocycles. The minimum Gasteiger partial charge on any atom is -0.338 e. The van der Waals surface area contributed by atoms with Crippen molar-refractivity contribution in [2.24, 2.45) is 5.41 Å². The van der Waals surface area contributed by atoms with E-state index in [1.807, 2.05) is 18.2 Å². The van der Waals surface area contributed by atoms with E-state index in [0.29, 0.717) is 19.5 Å². The molecule has 2 rings (SSSR count). The smallest absolute Gasteiger partial charge is 0.315 e. The fraction of sp³-hybridized carbons (Fsp3) is 0.467. The summed E-state index contributed by atoms with van der Waals surface area (Å²) in [6.45, 7) is 7.28. The van der Waals surface area contributed by atoms with Gasteiger partial charge in [0.05, 0.1) is 6.42 Å². The van der Waals surface area contributed by atoms with Gasteiger partial charge in [0, 0.05) is 18.8 Å². The number of nitrogens with one attached hydrogen (secondary N) is 3. The quantitative estimate of drug-likeness (QED) is 0.790. The van der Waals surface area contributed by atoms with E-state index in [-0.39, 0.29) is 17.4 Å². The van der Waals surface area contributed by atoms with Crippen LogP contribution in [-0.4, -0.2) is 18.5 Å². The van der Waals surface area contributed by atoms with Crippen LogP contribution in [0.15, 0.2) is 18.2 Å². The lowest BCUT2D eigenvalue weighted by Gasteiger charge is -2.19. The minimum atomic E-state index is -0.172. The third-order valence-corrected chi connectivity index (χ3v) is 3.03. The Hall–Kier alpha value is -2.04. The Bertz CT molecular complexity index is 532. The third kappa shape index (κ3) is 3.98. The van der Waals surface area contributed by atoms with Gasteiger partial charge in [-0.1, -0.05) is 32.9 Å². The van der Waals surface area contributed by atoms with E-state index in [1.165, 1.54) is 0 Å². The van der Waals surface area contributed by atoms with Gasteiger partial charge < -0.3 is 16.0 Å². The van der Waals surface area contributed by atoms with Crippen LogP contribution in [0, 0.1) is 5.41 Å². The second kappa shape index (κ2) is 5.53. The number of amides is 3. The summed E-state index contributed by atoms with van der Waals surface area (Å²) in [7, 11) is 0. The Morgan fingerprint density at radius 2 is 2.05 bits per heavy atom. The Morgan fingerprint density at radius 1 is 1.30 bits per heavy atom. The minimum absolute atomic E-state index is 0.0213. The molecule has 5 nitrogen and oxygen atoms in total. The Balaban J connectivity index is 1.84. The maximum atomic E-state index is 11.7. The number of fused-ring (bicyclic) bond motifs is 1. The largest absolute Gasteiger partial charge is 0.338 e. The third-order valence-electron chi connectivity index (χ3n) is 3.03. The zero-order valence-electron chi connectivity index (χ0n) is 12.2. The predicted molar refractivity (Wildman–Crippen MR) is 78.5 cm³/mol. The van der Waals surface area contributed by atoms with Gasteiger partial charge >= 0.3 is 6.03 Å². The lowest BCUT2D eigenvalue weighted by atomic mass is 9.97. The fourth-order valence-electron chi connectivity index (χ4n) is 1.98. The lowest BCUT2D eigenvalue weighted by molar-refractivity contribution is -0.115. The zero-order chi connectivity index (χ0) is 14.8. The number of rotatable bonds is 3. The van der Waals surface area contributed by atoms with Gasteiger partial charge in [0.2, 0.25) is 5.91 Å². The van der Waals surface area contributed by atoms with Gasteiger partial charge in [0.25, 0.3) is 0 Å². The normalized spacial score (nSPS) is 13.7. The van der Waals surface area contributed by atoms with Crippen molar-refractivity contribution in [3.05, 3.63) is 29.3 Å². The highest BCUT2D eigenvalue weighted by Crippen LogP contribution is 2.23. The molecule has 0 atom stereocenters. The number of hydrogen-bond acceptors (Lipinski definition) is 2. The first kappa shape index (κ1) is 14.4. The maximum Gasteiger partial charge on any atom is 0.315 e. The molecule has 5 heteroatoms. The van der Waals surface area contributed by atoms with Crippen LogP contribution in [0.1, 0.15) is 31.9 Å². The Labute approximate surface area is 119 Å². The molecule has 1 aliphatic rings. The number of urea groups is 1. The number of anilines is 1. The van der Waals surface area contributed by atoms with E-state index >= 15 is 0 Å². The molecule has 0 spiro atoms. The summed E-state index contributed by atoms with van der Waals surface area (Å²) in [5.41, 5.74) is 2.92. The van der Waals surface area contributed by atoms with Crippen LogP contribution in [0.5, 0.6) is 0 Å². The van der Waals surface area contributed by atoms with Crippen LogP contribution in [-0.2, 0) is 17.8 Å². The second-order valence-electron chi connectivity index (χ2n) is 6.31. The molecule has 108 valence electrons. The molecule has 0 fully saturated rings. The molecule has 1 heterocycles. The molecule has 0 unspecified atom stereocenters. The molecule has 1 aromatic rings. The van der Waals surface area contributed by atoms with E-state index < -0.39 is 0 Å². The SMILES string of the molecule is CC(C)(C)CNC(=O)NCc1ccc2c(c1)CC(=O)N2.